The molecule has 18 heavy (non-hydrogen) atoms. The molecule has 0 aliphatic carbocycles. The number of aromatic amines is 1. The normalized spacial score (nSPS) is 10.3. The van der Waals surface area contributed by atoms with E-state index in [1.54, 1.807) is 25.1 Å². The molecule has 0 amide bonds. The molecular weight excluding hydrogens is 254 g/mol. The minimum absolute atomic E-state index is 0.0102. The minimum atomic E-state index is -1.10. The first kappa shape index (κ1) is 12.4. The zero-order chi connectivity index (χ0) is 13.3. The zero-order valence-corrected chi connectivity index (χ0v) is 10.3. The number of aromatic nitrogens is 1. The number of benzene rings is 1. The van der Waals surface area contributed by atoms with Gasteiger partial charge in [0.1, 0.15) is 5.69 Å². The Kier molecular flexibility index (Phi) is 3.21. The second kappa shape index (κ2) is 4.66. The van der Waals surface area contributed by atoms with Crippen molar-refractivity contribution in [2.75, 3.05) is 0 Å². The van der Waals surface area contributed by atoms with E-state index in [1.807, 2.05) is 0 Å². The maximum atomic E-state index is 12.1. The van der Waals surface area contributed by atoms with Crippen molar-refractivity contribution in [3.63, 3.8) is 0 Å². The van der Waals surface area contributed by atoms with E-state index in [0.717, 1.165) is 5.56 Å². The van der Waals surface area contributed by atoms with Crippen LogP contribution in [0.3, 0.4) is 0 Å². The van der Waals surface area contributed by atoms with Gasteiger partial charge in [0.05, 0.1) is 0 Å². The second-order valence-corrected chi connectivity index (χ2v) is 4.31. The number of halogens is 1. The van der Waals surface area contributed by atoms with Gasteiger partial charge in [-0.3, -0.25) is 4.79 Å². The van der Waals surface area contributed by atoms with Gasteiger partial charge in [0.15, 0.2) is 5.78 Å². The Labute approximate surface area is 108 Å². The molecule has 0 spiro atoms. The third-order valence-electron chi connectivity index (χ3n) is 2.60. The Balaban J connectivity index is 2.35. The molecule has 0 radical (unpaired) electrons. The molecule has 0 unspecified atom stereocenters. The molecule has 1 aromatic carbocycles. The van der Waals surface area contributed by atoms with Crippen LogP contribution in [-0.2, 0) is 0 Å². The average Bonchev–Trinajstić information content (AvgIpc) is 2.81. The highest BCUT2D eigenvalue weighted by Gasteiger charge is 2.14. The predicted molar refractivity (Wildman–Crippen MR) is 67.4 cm³/mol. The quantitative estimate of drug-likeness (QED) is 0.837. The van der Waals surface area contributed by atoms with Crippen LogP contribution in [0.25, 0.3) is 0 Å². The molecule has 92 valence electrons. The molecule has 4 nitrogen and oxygen atoms in total. The smallest absolute Gasteiger partial charge is 0.352 e. The van der Waals surface area contributed by atoms with Crippen LogP contribution in [0.2, 0.25) is 5.02 Å². The minimum Gasteiger partial charge on any atom is -0.477 e. The molecule has 2 rings (SSSR count). The lowest BCUT2D eigenvalue weighted by atomic mass is 10.0. The van der Waals surface area contributed by atoms with Gasteiger partial charge in [-0.2, -0.15) is 0 Å². The van der Waals surface area contributed by atoms with Gasteiger partial charge in [0.25, 0.3) is 0 Å². The summed E-state index contributed by atoms with van der Waals surface area (Å²) in [5.41, 5.74) is 1.59. The number of hydrogen-bond acceptors (Lipinski definition) is 2. The zero-order valence-electron chi connectivity index (χ0n) is 9.53. The van der Waals surface area contributed by atoms with Crippen molar-refractivity contribution in [3.8, 4) is 0 Å². The monoisotopic (exact) mass is 263 g/mol. The molecule has 0 saturated heterocycles. The van der Waals surface area contributed by atoms with Gasteiger partial charge in [0, 0.05) is 22.3 Å². The van der Waals surface area contributed by atoms with Gasteiger partial charge in [-0.1, -0.05) is 11.6 Å². The van der Waals surface area contributed by atoms with E-state index in [-0.39, 0.29) is 11.5 Å². The van der Waals surface area contributed by atoms with Crippen LogP contribution < -0.4 is 0 Å². The highest BCUT2D eigenvalue weighted by Crippen LogP contribution is 2.19. The van der Waals surface area contributed by atoms with Crippen LogP contribution in [0.1, 0.15) is 32.0 Å². The molecular formula is C13H10ClNO3. The number of aromatic carboxylic acids is 1. The van der Waals surface area contributed by atoms with Crippen LogP contribution in [0.4, 0.5) is 0 Å². The summed E-state index contributed by atoms with van der Waals surface area (Å²) >= 11 is 5.88. The maximum Gasteiger partial charge on any atom is 0.352 e. The summed E-state index contributed by atoms with van der Waals surface area (Å²) < 4.78 is 0. The van der Waals surface area contributed by atoms with Crippen LogP contribution >= 0.6 is 11.6 Å². The molecule has 0 atom stereocenters. The van der Waals surface area contributed by atoms with E-state index >= 15 is 0 Å². The molecule has 5 heteroatoms. The number of nitrogens with one attached hydrogen (secondary N) is 1. The number of carbonyl (C=O) groups is 2. The van der Waals surface area contributed by atoms with Gasteiger partial charge in [-0.15, -0.1) is 0 Å². The van der Waals surface area contributed by atoms with Crippen molar-refractivity contribution in [3.05, 3.63) is 57.9 Å². The first-order valence-corrected chi connectivity index (χ1v) is 5.59. The maximum absolute atomic E-state index is 12.1. The Morgan fingerprint density at radius 3 is 2.50 bits per heavy atom. The Morgan fingerprint density at radius 2 is 1.94 bits per heavy atom. The van der Waals surface area contributed by atoms with Crippen LogP contribution in [0.5, 0.6) is 0 Å². The first-order valence-electron chi connectivity index (χ1n) is 5.21. The number of rotatable bonds is 3. The summed E-state index contributed by atoms with van der Waals surface area (Å²) in [6.07, 6.45) is 1.38. The highest BCUT2D eigenvalue weighted by atomic mass is 35.5. The number of carboxylic acids is 1. The Hall–Kier alpha value is -2.07. The molecule has 1 heterocycles. The van der Waals surface area contributed by atoms with Gasteiger partial charge in [-0.05, 0) is 36.8 Å². The number of ketones is 1. The van der Waals surface area contributed by atoms with E-state index < -0.39 is 5.97 Å². The van der Waals surface area contributed by atoms with E-state index in [2.05, 4.69) is 4.98 Å². The predicted octanol–water partition coefficient (Wildman–Crippen LogP) is 2.91. The van der Waals surface area contributed by atoms with Crippen molar-refractivity contribution in [2.45, 2.75) is 6.92 Å². The summed E-state index contributed by atoms with van der Waals surface area (Å²) in [6, 6.07) is 6.26. The standard InChI is InChI=1S/C13H10ClNO3/c1-7-4-8(2-3-10(7)14)12(16)9-5-11(13(17)18)15-6-9/h2-6,15H,1H3,(H,17,18). The molecule has 0 aliphatic rings. The SMILES string of the molecule is Cc1cc(C(=O)c2c[nH]c(C(=O)O)c2)ccc1Cl. The fourth-order valence-corrected chi connectivity index (χ4v) is 1.72. The summed E-state index contributed by atoms with van der Waals surface area (Å²) in [6.45, 7) is 1.80. The molecule has 0 saturated carbocycles. The number of carbonyl (C=O) groups excluding carboxylic acids is 1. The van der Waals surface area contributed by atoms with Gasteiger partial charge < -0.3 is 10.1 Å². The van der Waals surface area contributed by atoms with Crippen molar-refractivity contribution in [1.29, 1.82) is 0 Å². The Morgan fingerprint density at radius 1 is 1.22 bits per heavy atom. The van der Waals surface area contributed by atoms with Gasteiger partial charge in [-0.25, -0.2) is 4.79 Å². The summed E-state index contributed by atoms with van der Waals surface area (Å²) in [5.74, 6) is -1.33. The molecule has 0 bridgehead atoms. The number of hydrogen-bond donors (Lipinski definition) is 2. The third-order valence-corrected chi connectivity index (χ3v) is 3.02. The molecule has 2 N–H and O–H groups in total. The fraction of sp³-hybridized carbons (Fsp3) is 0.0769. The number of H-pyrrole nitrogens is 1. The van der Waals surface area contributed by atoms with Crippen LogP contribution in [-0.4, -0.2) is 21.8 Å². The Bertz CT molecular complexity index is 631. The van der Waals surface area contributed by atoms with E-state index in [4.69, 9.17) is 16.7 Å². The van der Waals surface area contributed by atoms with Crippen molar-refractivity contribution < 1.29 is 14.7 Å². The summed E-state index contributed by atoms with van der Waals surface area (Å²) in [4.78, 5) is 25.3. The molecule has 1 aromatic heterocycles. The lowest BCUT2D eigenvalue weighted by molar-refractivity contribution is 0.0691. The van der Waals surface area contributed by atoms with E-state index in [1.165, 1.54) is 12.3 Å². The second-order valence-electron chi connectivity index (χ2n) is 3.90. The molecule has 0 fully saturated rings. The van der Waals surface area contributed by atoms with Crippen LogP contribution in [0, 0.1) is 6.92 Å². The van der Waals surface area contributed by atoms with Gasteiger partial charge in [0.2, 0.25) is 0 Å². The van der Waals surface area contributed by atoms with Gasteiger partial charge >= 0.3 is 5.97 Å². The largest absolute Gasteiger partial charge is 0.477 e. The summed E-state index contributed by atoms with van der Waals surface area (Å²) in [5, 5.41) is 9.36. The lowest BCUT2D eigenvalue weighted by Crippen LogP contribution is -2.00. The first-order chi connectivity index (χ1) is 8.49. The van der Waals surface area contributed by atoms with Crippen LogP contribution in [0.15, 0.2) is 30.5 Å². The summed E-state index contributed by atoms with van der Waals surface area (Å²) in [7, 11) is 0. The number of aryl methyl sites for hydroxylation is 1. The van der Waals surface area contributed by atoms with E-state index in [9.17, 15) is 9.59 Å². The van der Waals surface area contributed by atoms with Crippen molar-refractivity contribution in [2.24, 2.45) is 0 Å². The fourth-order valence-electron chi connectivity index (χ4n) is 1.60. The highest BCUT2D eigenvalue weighted by molar-refractivity contribution is 6.31. The third kappa shape index (κ3) is 2.28. The van der Waals surface area contributed by atoms with Crippen molar-refractivity contribution in [1.82, 2.24) is 4.98 Å². The molecule has 0 aliphatic heterocycles. The van der Waals surface area contributed by atoms with Crippen molar-refractivity contribution >= 4 is 23.4 Å². The molecule has 2 aromatic rings. The number of carboxylic acid groups (broad SMARTS) is 1. The lowest BCUT2D eigenvalue weighted by Gasteiger charge is -2.01. The van der Waals surface area contributed by atoms with E-state index in [0.29, 0.717) is 16.1 Å². The topological polar surface area (TPSA) is 70.2 Å². The average molecular weight is 264 g/mol.